The molecule has 0 aliphatic carbocycles. The predicted octanol–water partition coefficient (Wildman–Crippen LogP) is 0.408. The zero-order chi connectivity index (χ0) is 14.9. The van der Waals surface area contributed by atoms with E-state index in [1.807, 2.05) is 0 Å². The summed E-state index contributed by atoms with van der Waals surface area (Å²) in [6.07, 6.45) is 0.277. The van der Waals surface area contributed by atoms with Crippen molar-refractivity contribution in [3.63, 3.8) is 0 Å². The summed E-state index contributed by atoms with van der Waals surface area (Å²) in [5, 5.41) is 11.8. The second-order valence-corrected chi connectivity index (χ2v) is 4.49. The van der Waals surface area contributed by atoms with Gasteiger partial charge in [-0.05, 0) is 18.6 Å². The summed E-state index contributed by atoms with van der Waals surface area (Å²) in [7, 11) is 1.32. The van der Waals surface area contributed by atoms with E-state index in [0.29, 0.717) is 0 Å². The number of nitrogens with zero attached hydrogens (tertiary/aromatic N) is 1. The molecular formula is C13H13FN2O4. The Morgan fingerprint density at radius 2 is 2.15 bits per heavy atom. The van der Waals surface area contributed by atoms with Crippen molar-refractivity contribution in [2.45, 2.75) is 18.9 Å². The van der Waals surface area contributed by atoms with Crippen LogP contribution in [0, 0.1) is 5.82 Å². The van der Waals surface area contributed by atoms with E-state index in [0.717, 1.165) is 11.0 Å². The highest BCUT2D eigenvalue weighted by Gasteiger charge is 2.33. The lowest BCUT2D eigenvalue weighted by Gasteiger charge is -2.28. The van der Waals surface area contributed by atoms with E-state index in [4.69, 9.17) is 0 Å². The number of carbonyl (C=O) groups excluding carboxylic acids is 3. The van der Waals surface area contributed by atoms with Crippen LogP contribution < -0.4 is 5.32 Å². The summed E-state index contributed by atoms with van der Waals surface area (Å²) in [6.45, 7) is 0. The monoisotopic (exact) mass is 280 g/mol. The maximum Gasteiger partial charge on any atom is 0.258 e. The second kappa shape index (κ2) is 5.28. The minimum Gasteiger partial charge on any atom is -0.507 e. The van der Waals surface area contributed by atoms with E-state index in [2.05, 4.69) is 5.32 Å². The highest BCUT2D eigenvalue weighted by Crippen LogP contribution is 2.20. The van der Waals surface area contributed by atoms with Gasteiger partial charge in [-0.2, -0.15) is 0 Å². The Kier molecular flexibility index (Phi) is 3.69. The third-order valence-corrected chi connectivity index (χ3v) is 3.17. The molecule has 1 aliphatic rings. The van der Waals surface area contributed by atoms with Gasteiger partial charge < -0.3 is 10.4 Å². The molecular weight excluding hydrogens is 267 g/mol. The molecule has 0 radical (unpaired) electrons. The van der Waals surface area contributed by atoms with Gasteiger partial charge in [-0.15, -0.1) is 0 Å². The Bertz CT molecular complexity index is 567. The predicted molar refractivity (Wildman–Crippen MR) is 66.3 cm³/mol. The van der Waals surface area contributed by atoms with Crippen LogP contribution in [0.2, 0.25) is 0 Å². The Morgan fingerprint density at radius 3 is 2.80 bits per heavy atom. The Balaban J connectivity index is 2.16. The topological polar surface area (TPSA) is 86.7 Å². The first-order chi connectivity index (χ1) is 9.41. The van der Waals surface area contributed by atoms with E-state index in [1.165, 1.54) is 19.2 Å². The number of halogens is 1. The molecule has 1 fully saturated rings. The number of phenolic OH excluding ortho intramolecular Hbond substituents is 1. The minimum absolute atomic E-state index is 0.121. The van der Waals surface area contributed by atoms with Crippen LogP contribution in [-0.4, -0.2) is 40.8 Å². The molecule has 106 valence electrons. The van der Waals surface area contributed by atoms with E-state index in [-0.39, 0.29) is 18.7 Å². The average molecular weight is 280 g/mol. The number of amides is 3. The minimum atomic E-state index is -0.899. The molecule has 1 saturated heterocycles. The third-order valence-electron chi connectivity index (χ3n) is 3.17. The van der Waals surface area contributed by atoms with Crippen LogP contribution in [0.15, 0.2) is 18.2 Å². The fourth-order valence-corrected chi connectivity index (χ4v) is 2.02. The largest absolute Gasteiger partial charge is 0.507 e. The number of hydrogen-bond donors (Lipinski definition) is 2. The molecule has 1 aromatic carbocycles. The van der Waals surface area contributed by atoms with Gasteiger partial charge in [0, 0.05) is 13.5 Å². The van der Waals surface area contributed by atoms with Crippen molar-refractivity contribution in [2.24, 2.45) is 0 Å². The lowest BCUT2D eigenvalue weighted by Crippen LogP contribution is -2.53. The Hall–Kier alpha value is -2.44. The molecule has 0 aromatic heterocycles. The zero-order valence-electron chi connectivity index (χ0n) is 10.7. The normalized spacial score (nSPS) is 19.1. The van der Waals surface area contributed by atoms with Crippen molar-refractivity contribution in [3.05, 3.63) is 29.6 Å². The maximum atomic E-state index is 13.5. The fourth-order valence-electron chi connectivity index (χ4n) is 2.02. The van der Waals surface area contributed by atoms with Crippen LogP contribution in [0.5, 0.6) is 5.75 Å². The van der Waals surface area contributed by atoms with Crippen molar-refractivity contribution < 1.29 is 23.9 Å². The maximum absolute atomic E-state index is 13.5. The standard InChI is InChI=1S/C13H13FN2O4/c1-16-10(18)6-5-8(13(16)20)15-12(19)11-7(14)3-2-4-9(11)17/h2-4,8,17H,5-6H2,1H3,(H,15,19). The first kappa shape index (κ1) is 14.0. The number of imide groups is 1. The summed E-state index contributed by atoms with van der Waals surface area (Å²) in [5.41, 5.74) is -0.514. The van der Waals surface area contributed by atoms with Crippen LogP contribution in [0.3, 0.4) is 0 Å². The number of nitrogens with one attached hydrogen (secondary N) is 1. The number of piperidine rings is 1. The van der Waals surface area contributed by atoms with Crippen molar-refractivity contribution in [1.82, 2.24) is 10.2 Å². The number of rotatable bonds is 2. The van der Waals surface area contributed by atoms with Crippen LogP contribution in [0.4, 0.5) is 4.39 Å². The molecule has 2 rings (SSSR count). The quantitative estimate of drug-likeness (QED) is 0.768. The van der Waals surface area contributed by atoms with Gasteiger partial charge in [0.1, 0.15) is 23.2 Å². The van der Waals surface area contributed by atoms with Crippen LogP contribution in [-0.2, 0) is 9.59 Å². The van der Waals surface area contributed by atoms with Crippen molar-refractivity contribution in [2.75, 3.05) is 7.05 Å². The number of phenols is 1. The lowest BCUT2D eigenvalue weighted by molar-refractivity contribution is -0.147. The molecule has 2 N–H and O–H groups in total. The van der Waals surface area contributed by atoms with Gasteiger partial charge in [0.2, 0.25) is 5.91 Å². The Morgan fingerprint density at radius 1 is 1.45 bits per heavy atom. The smallest absolute Gasteiger partial charge is 0.258 e. The molecule has 20 heavy (non-hydrogen) atoms. The van der Waals surface area contributed by atoms with E-state index < -0.39 is 35.0 Å². The number of carbonyl (C=O) groups is 3. The van der Waals surface area contributed by atoms with Crippen molar-refractivity contribution >= 4 is 17.7 Å². The van der Waals surface area contributed by atoms with Gasteiger partial charge in [0.15, 0.2) is 0 Å². The second-order valence-electron chi connectivity index (χ2n) is 4.49. The lowest BCUT2D eigenvalue weighted by atomic mass is 10.0. The first-order valence-electron chi connectivity index (χ1n) is 6.00. The molecule has 1 heterocycles. The average Bonchev–Trinajstić information content (AvgIpc) is 2.39. The number of aromatic hydroxyl groups is 1. The van der Waals surface area contributed by atoms with Gasteiger partial charge in [0.05, 0.1) is 0 Å². The summed E-state index contributed by atoms with van der Waals surface area (Å²) in [5.74, 6) is -3.15. The number of likely N-dealkylation sites (tertiary alicyclic amines) is 1. The summed E-state index contributed by atoms with van der Waals surface area (Å²) in [6, 6.07) is 2.58. The highest BCUT2D eigenvalue weighted by atomic mass is 19.1. The molecule has 0 bridgehead atoms. The van der Waals surface area contributed by atoms with Crippen LogP contribution >= 0.6 is 0 Å². The molecule has 0 spiro atoms. The molecule has 3 amide bonds. The summed E-state index contributed by atoms with van der Waals surface area (Å²) < 4.78 is 13.5. The van der Waals surface area contributed by atoms with Gasteiger partial charge in [0.25, 0.3) is 11.8 Å². The summed E-state index contributed by atoms with van der Waals surface area (Å²) in [4.78, 5) is 36.0. The molecule has 7 heteroatoms. The molecule has 1 unspecified atom stereocenters. The van der Waals surface area contributed by atoms with Gasteiger partial charge in [-0.25, -0.2) is 4.39 Å². The van der Waals surface area contributed by atoms with Gasteiger partial charge in [-0.3, -0.25) is 19.3 Å². The Labute approximate surface area is 114 Å². The fraction of sp³-hybridized carbons (Fsp3) is 0.308. The molecule has 6 nitrogen and oxygen atoms in total. The number of likely N-dealkylation sites (N-methyl/N-ethyl adjacent to an activating group) is 1. The molecule has 1 atom stereocenters. The molecule has 1 aromatic rings. The van der Waals surface area contributed by atoms with E-state index in [1.54, 1.807) is 0 Å². The van der Waals surface area contributed by atoms with Crippen molar-refractivity contribution in [3.8, 4) is 5.75 Å². The zero-order valence-corrected chi connectivity index (χ0v) is 10.7. The van der Waals surface area contributed by atoms with Gasteiger partial charge in [-0.1, -0.05) is 6.07 Å². The highest BCUT2D eigenvalue weighted by molar-refractivity contribution is 6.04. The molecule has 1 aliphatic heterocycles. The van der Waals surface area contributed by atoms with Gasteiger partial charge >= 0.3 is 0 Å². The number of hydrogen-bond acceptors (Lipinski definition) is 4. The van der Waals surface area contributed by atoms with E-state index >= 15 is 0 Å². The SMILES string of the molecule is CN1C(=O)CCC(NC(=O)c2c(O)cccc2F)C1=O. The first-order valence-corrected chi connectivity index (χ1v) is 6.00. The number of benzene rings is 1. The van der Waals surface area contributed by atoms with Crippen LogP contribution in [0.25, 0.3) is 0 Å². The van der Waals surface area contributed by atoms with E-state index in [9.17, 15) is 23.9 Å². The molecule has 0 saturated carbocycles. The summed E-state index contributed by atoms with van der Waals surface area (Å²) >= 11 is 0. The third kappa shape index (κ3) is 2.47. The van der Waals surface area contributed by atoms with Crippen molar-refractivity contribution in [1.29, 1.82) is 0 Å². The van der Waals surface area contributed by atoms with Crippen LogP contribution in [0.1, 0.15) is 23.2 Å².